The highest BCUT2D eigenvalue weighted by molar-refractivity contribution is 5.79. The first kappa shape index (κ1) is 18.9. The number of H-pyrrole nitrogens is 1. The average Bonchev–Trinajstić information content (AvgIpc) is 3.09. The van der Waals surface area contributed by atoms with Crippen LogP contribution in [0, 0.1) is 5.82 Å². The predicted octanol–water partition coefficient (Wildman–Crippen LogP) is 3.43. The molecule has 0 atom stereocenters. The van der Waals surface area contributed by atoms with E-state index in [4.69, 9.17) is 0 Å². The van der Waals surface area contributed by atoms with E-state index in [2.05, 4.69) is 25.6 Å². The predicted molar refractivity (Wildman–Crippen MR) is 109 cm³/mol. The Bertz CT molecular complexity index is 837. The number of nitrogens with one attached hydrogen (secondary N) is 3. The Morgan fingerprint density at radius 2 is 1.89 bits per heavy atom. The third-order valence-electron chi connectivity index (χ3n) is 4.24. The number of hydrogen-bond donors (Lipinski definition) is 3. The van der Waals surface area contributed by atoms with Gasteiger partial charge in [0.25, 0.3) is 0 Å². The van der Waals surface area contributed by atoms with Gasteiger partial charge in [0.1, 0.15) is 11.6 Å². The maximum atomic E-state index is 12.9. The lowest BCUT2D eigenvalue weighted by molar-refractivity contribution is 0.626. The lowest BCUT2D eigenvalue weighted by atomic mass is 10.1. The number of aryl methyl sites for hydroxylation is 1. The van der Waals surface area contributed by atoms with Gasteiger partial charge < -0.3 is 15.6 Å². The van der Waals surface area contributed by atoms with Crippen molar-refractivity contribution in [3.05, 3.63) is 65.7 Å². The number of rotatable bonds is 8. The van der Waals surface area contributed by atoms with E-state index in [1.165, 1.54) is 12.1 Å². The summed E-state index contributed by atoms with van der Waals surface area (Å²) >= 11 is 0. The molecule has 0 aliphatic carbocycles. The molecule has 6 heteroatoms. The molecule has 0 aliphatic heterocycles. The van der Waals surface area contributed by atoms with Gasteiger partial charge in [0.05, 0.1) is 11.0 Å². The zero-order valence-electron chi connectivity index (χ0n) is 15.6. The van der Waals surface area contributed by atoms with Crippen molar-refractivity contribution >= 4 is 17.0 Å². The van der Waals surface area contributed by atoms with Gasteiger partial charge in [0.15, 0.2) is 5.96 Å². The van der Waals surface area contributed by atoms with Crippen molar-refractivity contribution in [2.24, 2.45) is 4.99 Å². The van der Waals surface area contributed by atoms with Gasteiger partial charge in [-0.1, -0.05) is 24.3 Å². The lowest BCUT2D eigenvalue weighted by Crippen LogP contribution is -2.38. The van der Waals surface area contributed by atoms with Gasteiger partial charge in [-0.2, -0.15) is 0 Å². The zero-order valence-corrected chi connectivity index (χ0v) is 15.6. The Balaban J connectivity index is 1.44. The van der Waals surface area contributed by atoms with Gasteiger partial charge in [-0.25, -0.2) is 9.37 Å². The molecule has 3 aromatic rings. The van der Waals surface area contributed by atoms with Crippen LogP contribution in [0.2, 0.25) is 0 Å². The summed E-state index contributed by atoms with van der Waals surface area (Å²) in [5.41, 5.74) is 3.18. The number of imidazole rings is 1. The molecular weight excluding hydrogens is 341 g/mol. The number of guanidine groups is 1. The second-order valence-electron chi connectivity index (χ2n) is 6.37. The van der Waals surface area contributed by atoms with E-state index in [0.29, 0.717) is 0 Å². The van der Waals surface area contributed by atoms with Gasteiger partial charge in [-0.05, 0) is 49.6 Å². The van der Waals surface area contributed by atoms with Crippen molar-refractivity contribution in [3.63, 3.8) is 0 Å². The number of fused-ring (bicyclic) bond motifs is 1. The summed E-state index contributed by atoms with van der Waals surface area (Å²) in [6, 6.07) is 14.7. The Hall–Kier alpha value is -2.89. The number of halogens is 1. The highest BCUT2D eigenvalue weighted by Gasteiger charge is 2.02. The van der Waals surface area contributed by atoms with Crippen molar-refractivity contribution in [2.45, 2.75) is 26.2 Å². The van der Waals surface area contributed by atoms with Crippen molar-refractivity contribution in [3.8, 4) is 0 Å². The van der Waals surface area contributed by atoms with Crippen LogP contribution in [0.15, 0.2) is 53.5 Å². The fourth-order valence-corrected chi connectivity index (χ4v) is 2.88. The van der Waals surface area contributed by atoms with E-state index in [9.17, 15) is 4.39 Å². The third-order valence-corrected chi connectivity index (χ3v) is 4.24. The van der Waals surface area contributed by atoms with E-state index in [-0.39, 0.29) is 5.82 Å². The molecule has 2 aromatic carbocycles. The molecule has 3 rings (SSSR count). The Labute approximate surface area is 159 Å². The molecule has 0 unspecified atom stereocenters. The van der Waals surface area contributed by atoms with Gasteiger partial charge >= 0.3 is 0 Å². The molecule has 0 bridgehead atoms. The van der Waals surface area contributed by atoms with Gasteiger partial charge in [0, 0.05) is 26.1 Å². The first-order valence-electron chi connectivity index (χ1n) is 9.45. The molecule has 0 aliphatic rings. The molecule has 0 fully saturated rings. The molecule has 1 heterocycles. The maximum Gasteiger partial charge on any atom is 0.191 e. The minimum Gasteiger partial charge on any atom is -0.357 e. The second kappa shape index (κ2) is 9.71. The van der Waals surface area contributed by atoms with Gasteiger partial charge in [-0.3, -0.25) is 4.99 Å². The molecule has 27 heavy (non-hydrogen) atoms. The summed E-state index contributed by atoms with van der Waals surface area (Å²) in [6.45, 7) is 4.33. The van der Waals surface area contributed by atoms with Gasteiger partial charge in [-0.15, -0.1) is 0 Å². The molecule has 1 aromatic heterocycles. The van der Waals surface area contributed by atoms with Crippen LogP contribution in [0.4, 0.5) is 4.39 Å². The highest BCUT2D eigenvalue weighted by atomic mass is 19.1. The number of benzene rings is 2. The molecule has 0 spiro atoms. The van der Waals surface area contributed by atoms with E-state index < -0.39 is 0 Å². The third kappa shape index (κ3) is 5.81. The van der Waals surface area contributed by atoms with E-state index >= 15 is 0 Å². The number of hydrogen-bond acceptors (Lipinski definition) is 2. The summed E-state index contributed by atoms with van der Waals surface area (Å²) in [7, 11) is 0. The Morgan fingerprint density at radius 3 is 2.67 bits per heavy atom. The van der Waals surface area contributed by atoms with E-state index in [1.54, 1.807) is 0 Å². The topological polar surface area (TPSA) is 65.1 Å². The summed E-state index contributed by atoms with van der Waals surface area (Å²) < 4.78 is 12.9. The quantitative estimate of drug-likeness (QED) is 0.325. The first-order chi connectivity index (χ1) is 13.2. The van der Waals surface area contributed by atoms with E-state index in [0.717, 1.165) is 67.3 Å². The SMILES string of the molecule is CCNC(=NCCCc1nc2ccccc2[nH]1)NCCc1ccc(F)cc1. The summed E-state index contributed by atoms with van der Waals surface area (Å²) in [5.74, 6) is 1.61. The monoisotopic (exact) mass is 367 g/mol. The number of aromatic nitrogens is 2. The van der Waals surface area contributed by atoms with Crippen molar-refractivity contribution in [1.82, 2.24) is 20.6 Å². The van der Waals surface area contributed by atoms with Crippen LogP contribution in [0.1, 0.15) is 24.7 Å². The van der Waals surface area contributed by atoms with Crippen molar-refractivity contribution in [1.29, 1.82) is 0 Å². The summed E-state index contributed by atoms with van der Waals surface area (Å²) in [4.78, 5) is 12.6. The highest BCUT2D eigenvalue weighted by Crippen LogP contribution is 2.11. The number of para-hydroxylation sites is 2. The Kier molecular flexibility index (Phi) is 6.79. The maximum absolute atomic E-state index is 12.9. The van der Waals surface area contributed by atoms with Crippen LogP contribution in [0.3, 0.4) is 0 Å². The zero-order chi connectivity index (χ0) is 18.9. The molecule has 0 saturated heterocycles. The number of aliphatic imine (C=N–C) groups is 1. The molecular formula is C21H26FN5. The van der Waals surface area contributed by atoms with Crippen LogP contribution < -0.4 is 10.6 Å². The van der Waals surface area contributed by atoms with Crippen molar-refractivity contribution < 1.29 is 4.39 Å². The van der Waals surface area contributed by atoms with Crippen LogP contribution in [0.25, 0.3) is 11.0 Å². The second-order valence-corrected chi connectivity index (χ2v) is 6.37. The van der Waals surface area contributed by atoms with Gasteiger partial charge in [0.2, 0.25) is 0 Å². The van der Waals surface area contributed by atoms with E-state index in [1.807, 2.05) is 43.3 Å². The molecule has 0 radical (unpaired) electrons. The Morgan fingerprint density at radius 1 is 1.07 bits per heavy atom. The largest absolute Gasteiger partial charge is 0.357 e. The number of aromatic amines is 1. The average molecular weight is 367 g/mol. The van der Waals surface area contributed by atoms with Crippen LogP contribution in [-0.4, -0.2) is 35.6 Å². The number of nitrogens with zero attached hydrogens (tertiary/aromatic N) is 2. The molecule has 3 N–H and O–H groups in total. The normalized spacial score (nSPS) is 11.7. The minimum atomic E-state index is -0.203. The molecule has 5 nitrogen and oxygen atoms in total. The summed E-state index contributed by atoms with van der Waals surface area (Å²) in [5, 5.41) is 6.58. The lowest BCUT2D eigenvalue weighted by Gasteiger charge is -2.11. The smallest absolute Gasteiger partial charge is 0.191 e. The van der Waals surface area contributed by atoms with Crippen LogP contribution in [0.5, 0.6) is 0 Å². The van der Waals surface area contributed by atoms with Crippen molar-refractivity contribution in [2.75, 3.05) is 19.6 Å². The first-order valence-corrected chi connectivity index (χ1v) is 9.45. The molecule has 0 saturated carbocycles. The van der Waals surface area contributed by atoms with Crippen LogP contribution in [-0.2, 0) is 12.8 Å². The molecule has 0 amide bonds. The molecule has 142 valence electrons. The fraction of sp³-hybridized carbons (Fsp3) is 0.333. The fourth-order valence-electron chi connectivity index (χ4n) is 2.88. The minimum absolute atomic E-state index is 0.203. The standard InChI is InChI=1S/C21H26FN5/c1-2-23-21(25-15-13-16-9-11-17(22)12-10-16)24-14-5-8-20-26-18-6-3-4-7-19(18)27-20/h3-4,6-7,9-12H,2,5,8,13-15H2,1H3,(H,26,27)(H2,23,24,25). The summed E-state index contributed by atoms with van der Waals surface area (Å²) in [6.07, 6.45) is 2.62. The van der Waals surface area contributed by atoms with Crippen LogP contribution >= 0.6 is 0 Å².